The molecule has 0 unspecified atom stereocenters. The van der Waals surface area contributed by atoms with Gasteiger partial charge in [0.15, 0.2) is 0 Å². The minimum absolute atomic E-state index is 0.0123. The molecule has 0 aliphatic heterocycles. The Morgan fingerprint density at radius 1 is 0.735 bits per heavy atom. The van der Waals surface area contributed by atoms with E-state index in [1.807, 2.05) is 85.0 Å². The SMILES string of the molecule is O=S(=O)(Oc1ccccc1CC(C/C=C/c1ccccc1)C/C=C/c1ccccc1)C(F)(F)F. The Hall–Kier alpha value is -3.32. The Bertz CT molecular complexity index is 1150. The standard InChI is InChI=1S/C27H25F3O3S/c28-27(29,30)34(31,32)33-26-20-8-7-19-25(26)21-24(17-9-15-22-11-3-1-4-12-22)18-10-16-23-13-5-2-6-14-23/h1-16,19-20,24H,17-18,21H2/b15-9+,16-10+. The summed E-state index contributed by atoms with van der Waals surface area (Å²) in [5.74, 6) is -0.290. The molecule has 3 rings (SSSR count). The van der Waals surface area contributed by atoms with E-state index in [0.29, 0.717) is 24.8 Å². The second kappa shape index (κ2) is 11.7. The van der Waals surface area contributed by atoms with Crippen LogP contribution in [-0.4, -0.2) is 13.9 Å². The minimum atomic E-state index is -5.74. The van der Waals surface area contributed by atoms with Gasteiger partial charge in [0.2, 0.25) is 0 Å². The maximum Gasteiger partial charge on any atom is 0.534 e. The van der Waals surface area contributed by atoms with Gasteiger partial charge >= 0.3 is 15.6 Å². The molecule has 3 aromatic carbocycles. The first kappa shape index (κ1) is 25.3. The summed E-state index contributed by atoms with van der Waals surface area (Å²) < 4.78 is 66.1. The van der Waals surface area contributed by atoms with Gasteiger partial charge in [-0.05, 0) is 47.9 Å². The number of halogens is 3. The Labute approximate surface area is 198 Å². The Kier molecular flexibility index (Phi) is 8.71. The largest absolute Gasteiger partial charge is 0.534 e. The maximum atomic E-state index is 12.8. The van der Waals surface area contributed by atoms with Gasteiger partial charge in [-0.1, -0.05) is 103 Å². The number of rotatable bonds is 10. The quantitative estimate of drug-likeness (QED) is 0.223. The molecule has 34 heavy (non-hydrogen) atoms. The van der Waals surface area contributed by atoms with Crippen LogP contribution in [0, 0.1) is 5.92 Å². The lowest BCUT2D eigenvalue weighted by atomic mass is 9.92. The van der Waals surface area contributed by atoms with E-state index in [1.165, 1.54) is 12.1 Å². The molecular formula is C27H25F3O3S. The van der Waals surface area contributed by atoms with Crippen molar-refractivity contribution in [1.29, 1.82) is 0 Å². The Morgan fingerprint density at radius 2 is 1.21 bits per heavy atom. The summed E-state index contributed by atoms with van der Waals surface area (Å²) in [6.45, 7) is 0. The van der Waals surface area contributed by atoms with E-state index >= 15 is 0 Å². The molecule has 3 aromatic rings. The fourth-order valence-electron chi connectivity index (χ4n) is 3.41. The van der Waals surface area contributed by atoms with E-state index in [2.05, 4.69) is 4.18 Å². The van der Waals surface area contributed by atoms with Crippen LogP contribution in [0.25, 0.3) is 12.2 Å². The van der Waals surface area contributed by atoms with Crippen LogP contribution in [0.3, 0.4) is 0 Å². The third-order valence-corrected chi connectivity index (χ3v) is 6.09. The number of benzene rings is 3. The van der Waals surface area contributed by atoms with Crippen molar-refractivity contribution in [2.75, 3.05) is 0 Å². The molecule has 178 valence electrons. The van der Waals surface area contributed by atoms with Crippen LogP contribution in [0.4, 0.5) is 13.2 Å². The molecule has 0 aromatic heterocycles. The molecular weight excluding hydrogens is 461 g/mol. The summed E-state index contributed by atoms with van der Waals surface area (Å²) in [7, 11) is -5.74. The summed E-state index contributed by atoms with van der Waals surface area (Å²) in [5.41, 5.74) is -3.00. The van der Waals surface area contributed by atoms with Crippen molar-refractivity contribution in [1.82, 2.24) is 0 Å². The predicted molar refractivity (Wildman–Crippen MR) is 129 cm³/mol. The van der Waals surface area contributed by atoms with Crippen LogP contribution in [0.2, 0.25) is 0 Å². The van der Waals surface area contributed by atoms with Crippen molar-refractivity contribution >= 4 is 22.3 Å². The van der Waals surface area contributed by atoms with Gasteiger partial charge in [-0.15, -0.1) is 0 Å². The average molecular weight is 487 g/mol. The van der Waals surface area contributed by atoms with Crippen LogP contribution in [0.5, 0.6) is 5.75 Å². The smallest absolute Gasteiger partial charge is 0.376 e. The van der Waals surface area contributed by atoms with Crippen LogP contribution in [0.15, 0.2) is 97.1 Å². The highest BCUT2D eigenvalue weighted by Gasteiger charge is 2.48. The van der Waals surface area contributed by atoms with Gasteiger partial charge < -0.3 is 4.18 Å². The van der Waals surface area contributed by atoms with Crippen molar-refractivity contribution in [2.24, 2.45) is 5.92 Å². The summed E-state index contributed by atoms with van der Waals surface area (Å²) >= 11 is 0. The molecule has 7 heteroatoms. The molecule has 0 amide bonds. The van der Waals surface area contributed by atoms with Crippen molar-refractivity contribution in [2.45, 2.75) is 24.8 Å². The minimum Gasteiger partial charge on any atom is -0.376 e. The summed E-state index contributed by atoms with van der Waals surface area (Å²) in [6, 6.07) is 25.5. The fourth-order valence-corrected chi connectivity index (χ4v) is 3.91. The highest BCUT2D eigenvalue weighted by atomic mass is 32.2. The van der Waals surface area contributed by atoms with Gasteiger partial charge in [0.05, 0.1) is 0 Å². The second-order valence-corrected chi connectivity index (χ2v) is 9.30. The summed E-state index contributed by atoms with van der Waals surface area (Å²) in [5, 5.41) is 0. The van der Waals surface area contributed by atoms with Gasteiger partial charge in [0, 0.05) is 0 Å². The van der Waals surface area contributed by atoms with E-state index < -0.39 is 15.6 Å². The lowest BCUT2D eigenvalue weighted by Crippen LogP contribution is -2.28. The van der Waals surface area contributed by atoms with Gasteiger partial charge in [-0.2, -0.15) is 21.6 Å². The summed E-state index contributed by atoms with van der Waals surface area (Å²) in [6.07, 6.45) is 9.66. The van der Waals surface area contributed by atoms with Gasteiger partial charge in [-0.25, -0.2) is 0 Å². The van der Waals surface area contributed by atoms with Crippen LogP contribution in [0.1, 0.15) is 29.5 Å². The van der Waals surface area contributed by atoms with E-state index in [0.717, 1.165) is 11.1 Å². The average Bonchev–Trinajstić information content (AvgIpc) is 2.81. The van der Waals surface area contributed by atoms with Crippen LogP contribution in [-0.2, 0) is 16.5 Å². The van der Waals surface area contributed by atoms with Crippen LogP contribution >= 0.6 is 0 Å². The van der Waals surface area contributed by atoms with E-state index in [-0.39, 0.29) is 11.7 Å². The monoisotopic (exact) mass is 486 g/mol. The Morgan fingerprint density at radius 3 is 1.71 bits per heavy atom. The number of hydrogen-bond acceptors (Lipinski definition) is 3. The topological polar surface area (TPSA) is 43.4 Å². The zero-order valence-corrected chi connectivity index (χ0v) is 19.2. The van der Waals surface area contributed by atoms with E-state index in [4.69, 9.17) is 0 Å². The van der Waals surface area contributed by atoms with Gasteiger partial charge in [-0.3, -0.25) is 0 Å². The van der Waals surface area contributed by atoms with Gasteiger partial charge in [0.25, 0.3) is 0 Å². The third kappa shape index (κ3) is 7.63. The van der Waals surface area contributed by atoms with Gasteiger partial charge in [0.1, 0.15) is 5.75 Å². The number of allylic oxidation sites excluding steroid dienone is 2. The molecule has 0 atom stereocenters. The van der Waals surface area contributed by atoms with E-state index in [9.17, 15) is 21.6 Å². The molecule has 0 bridgehead atoms. The molecule has 0 saturated heterocycles. The van der Waals surface area contributed by atoms with Crippen LogP contribution < -0.4 is 4.18 Å². The molecule has 0 spiro atoms. The third-order valence-electron chi connectivity index (χ3n) is 5.12. The molecule has 0 fully saturated rings. The number of para-hydroxylation sites is 1. The predicted octanol–water partition coefficient (Wildman–Crippen LogP) is 7.28. The maximum absolute atomic E-state index is 12.8. The second-order valence-electron chi connectivity index (χ2n) is 7.76. The first-order chi connectivity index (χ1) is 16.2. The van der Waals surface area contributed by atoms with Crippen molar-refractivity contribution in [3.05, 3.63) is 114 Å². The molecule has 0 aliphatic carbocycles. The highest BCUT2D eigenvalue weighted by molar-refractivity contribution is 7.88. The number of hydrogen-bond donors (Lipinski definition) is 0. The Balaban J connectivity index is 1.79. The summed E-state index contributed by atoms with van der Waals surface area (Å²) in [4.78, 5) is 0. The zero-order chi connectivity index (χ0) is 24.4. The molecule has 0 aliphatic rings. The molecule has 0 heterocycles. The first-order valence-electron chi connectivity index (χ1n) is 10.8. The lowest BCUT2D eigenvalue weighted by Gasteiger charge is -2.17. The lowest BCUT2D eigenvalue weighted by molar-refractivity contribution is -0.0500. The van der Waals surface area contributed by atoms with E-state index in [1.54, 1.807) is 12.1 Å². The highest BCUT2D eigenvalue weighted by Crippen LogP contribution is 2.31. The first-order valence-corrected chi connectivity index (χ1v) is 12.2. The van der Waals surface area contributed by atoms with Crippen molar-refractivity contribution < 1.29 is 25.8 Å². The molecule has 0 radical (unpaired) electrons. The molecule has 0 saturated carbocycles. The fraction of sp³-hybridized carbons (Fsp3) is 0.185. The molecule has 3 nitrogen and oxygen atoms in total. The normalized spacial score (nSPS) is 12.6. The van der Waals surface area contributed by atoms with Crippen molar-refractivity contribution in [3.8, 4) is 5.75 Å². The van der Waals surface area contributed by atoms with Crippen molar-refractivity contribution in [3.63, 3.8) is 0 Å². The zero-order valence-electron chi connectivity index (χ0n) is 18.4. The molecule has 0 N–H and O–H groups in total. The number of alkyl halides is 3.